The molecule has 11 aromatic rings. The maximum atomic E-state index is 9.01. The highest BCUT2D eigenvalue weighted by atomic mass is 16.5. The lowest BCUT2D eigenvalue weighted by molar-refractivity contribution is 0.484. The van der Waals surface area contributed by atoms with E-state index in [1.807, 2.05) is 120 Å². The van der Waals surface area contributed by atoms with Crippen molar-refractivity contribution >= 4 is 33.2 Å². The van der Waals surface area contributed by atoms with Gasteiger partial charge in [0.25, 0.3) is 0 Å². The van der Waals surface area contributed by atoms with Gasteiger partial charge in [-0.25, -0.2) is 19.9 Å². The highest BCUT2D eigenvalue weighted by Crippen LogP contribution is 2.44. The van der Waals surface area contributed by atoms with Crippen LogP contribution in [0.5, 0.6) is 11.5 Å². The fourth-order valence-electron chi connectivity index (χ4n) is 9.05. The third-order valence-electron chi connectivity index (χ3n) is 12.5. The largest absolute Gasteiger partial charge is 0.456 e. The van der Waals surface area contributed by atoms with Gasteiger partial charge in [-0.1, -0.05) is 184 Å². The monoisotopic (exact) mass is 929 g/mol. The Hall–Kier alpha value is -9.14. The number of pyridine rings is 1. The molecule has 0 amide bonds. The molecule has 0 unspecified atom stereocenters. The van der Waals surface area contributed by atoms with Gasteiger partial charge in [-0.15, -0.1) is 0 Å². The summed E-state index contributed by atoms with van der Waals surface area (Å²) in [6, 6.07) is 43.1. The summed E-state index contributed by atoms with van der Waals surface area (Å²) in [4.78, 5) is 23.9. The van der Waals surface area contributed by atoms with Crippen LogP contribution in [0.1, 0.15) is 40.0 Å². The summed E-state index contributed by atoms with van der Waals surface area (Å²) in [5.41, 5.74) is 6.06. The molecule has 0 fully saturated rings. The summed E-state index contributed by atoms with van der Waals surface area (Å²) >= 11 is 0. The van der Waals surface area contributed by atoms with Crippen molar-refractivity contribution in [1.82, 2.24) is 24.5 Å². The molecule has 0 atom stereocenters. The predicted octanol–water partition coefficient (Wildman–Crippen LogP) is 15.5. The van der Waals surface area contributed by atoms with Crippen molar-refractivity contribution in [1.29, 1.82) is 0 Å². The van der Waals surface area contributed by atoms with Crippen molar-refractivity contribution in [3.63, 3.8) is 0 Å². The summed E-state index contributed by atoms with van der Waals surface area (Å²) in [6.07, 6.45) is 5.39. The molecular formula is C63H49N7O. The molecule has 8 aromatic carbocycles. The van der Waals surface area contributed by atoms with Crippen LogP contribution in [-0.2, 0) is 5.41 Å². The minimum atomic E-state index is -0.564. The lowest BCUT2D eigenvalue weighted by atomic mass is 9.88. The van der Waals surface area contributed by atoms with Crippen molar-refractivity contribution in [2.24, 2.45) is 0 Å². The van der Waals surface area contributed by atoms with E-state index in [1.165, 1.54) is 0 Å². The zero-order valence-corrected chi connectivity index (χ0v) is 38.9. The zero-order chi connectivity index (χ0) is 56.6. The molecule has 0 spiro atoms. The molecule has 0 N–H and O–H groups in total. The van der Waals surface area contributed by atoms with E-state index in [1.54, 1.807) is 35.5 Å². The van der Waals surface area contributed by atoms with Crippen LogP contribution in [0.25, 0.3) is 84.0 Å². The van der Waals surface area contributed by atoms with Crippen LogP contribution in [0.15, 0.2) is 231 Å². The van der Waals surface area contributed by atoms with Crippen LogP contribution in [0.4, 0.5) is 11.4 Å². The van der Waals surface area contributed by atoms with Crippen molar-refractivity contribution < 1.29 is 18.4 Å². The van der Waals surface area contributed by atoms with Crippen LogP contribution in [0.3, 0.4) is 0 Å². The Morgan fingerprint density at radius 1 is 0.507 bits per heavy atom. The molecule has 4 heterocycles. The zero-order valence-electron chi connectivity index (χ0n) is 48.9. The van der Waals surface area contributed by atoms with Gasteiger partial charge in [-0.3, -0.25) is 4.57 Å². The van der Waals surface area contributed by atoms with Crippen LogP contribution in [-0.4, -0.2) is 31.2 Å². The second-order valence-electron chi connectivity index (χ2n) is 18.1. The number of ether oxygens (including phenoxy) is 1. The first-order valence-corrected chi connectivity index (χ1v) is 23.2. The van der Waals surface area contributed by atoms with Crippen molar-refractivity contribution in [3.05, 3.63) is 236 Å². The van der Waals surface area contributed by atoms with E-state index in [0.29, 0.717) is 40.2 Å². The number of para-hydroxylation sites is 2. The number of hydrogen-bond donors (Lipinski definition) is 0. The molecule has 8 heteroatoms. The number of rotatable bonds is 10. The molecule has 12 rings (SSSR count). The number of nitrogens with zero attached hydrogens (tertiary/aromatic N) is 7. The molecule has 0 saturated carbocycles. The Morgan fingerprint density at radius 3 is 1.77 bits per heavy atom. The van der Waals surface area contributed by atoms with Gasteiger partial charge in [0.05, 0.1) is 42.7 Å². The molecule has 71 heavy (non-hydrogen) atoms. The molecule has 1 aliphatic heterocycles. The maximum Gasteiger partial charge on any atom is 0.167 e. The van der Waals surface area contributed by atoms with Gasteiger partial charge < -0.3 is 14.5 Å². The number of aromatic nitrogens is 5. The van der Waals surface area contributed by atoms with Gasteiger partial charge in [0.1, 0.15) is 17.3 Å². The fourth-order valence-corrected chi connectivity index (χ4v) is 9.05. The SMILES string of the molecule is [2H]c1c([2H])c([2H])c(-c2cccc(-c3c([2H])c([2H])c([2H])c([2H])c3[2H])c2N2C=CN(c3cccc(Oc4cc5c(cc4-c4nc(-c6ccccc6)nc(-c6ccccc6)n4)c4ccccc4n5-c4cc(C(C)(C)C)ccn4)c3)C2)c([2H])c1[2H]. The number of hydrogen-bond acceptors (Lipinski definition) is 7. The van der Waals surface area contributed by atoms with Crippen molar-refractivity contribution in [2.75, 3.05) is 16.5 Å². The molecule has 3 aromatic heterocycles. The lowest BCUT2D eigenvalue weighted by Crippen LogP contribution is -2.25. The number of anilines is 2. The summed E-state index contributed by atoms with van der Waals surface area (Å²) in [6.45, 7) is 6.60. The van der Waals surface area contributed by atoms with Gasteiger partial charge in [-0.2, -0.15) is 0 Å². The normalized spacial score (nSPS) is 14.5. The third kappa shape index (κ3) is 8.35. The van der Waals surface area contributed by atoms with E-state index in [-0.39, 0.29) is 40.0 Å². The Kier molecular flexibility index (Phi) is 8.49. The number of benzene rings is 8. The van der Waals surface area contributed by atoms with Crippen LogP contribution in [0.2, 0.25) is 0 Å². The van der Waals surface area contributed by atoms with Gasteiger partial charge in [0, 0.05) is 69.4 Å². The molecule has 0 saturated heterocycles. The van der Waals surface area contributed by atoms with Crippen molar-refractivity contribution in [2.45, 2.75) is 26.2 Å². The van der Waals surface area contributed by atoms with Gasteiger partial charge >= 0.3 is 0 Å². The van der Waals surface area contributed by atoms with E-state index in [4.69, 9.17) is 38.4 Å². The minimum Gasteiger partial charge on any atom is -0.456 e. The molecule has 0 bridgehead atoms. The van der Waals surface area contributed by atoms with Crippen LogP contribution >= 0.6 is 0 Å². The predicted molar refractivity (Wildman–Crippen MR) is 290 cm³/mol. The summed E-state index contributed by atoms with van der Waals surface area (Å²) < 4.78 is 96.3. The van der Waals surface area contributed by atoms with E-state index < -0.39 is 60.4 Å². The fraction of sp³-hybridized carbons (Fsp3) is 0.0794. The first-order valence-electron chi connectivity index (χ1n) is 28.2. The summed E-state index contributed by atoms with van der Waals surface area (Å²) in [5, 5.41) is 1.90. The first kappa shape index (κ1) is 33.4. The Balaban J connectivity index is 1.01. The van der Waals surface area contributed by atoms with E-state index in [0.717, 1.165) is 44.3 Å². The second-order valence-corrected chi connectivity index (χ2v) is 18.1. The molecule has 0 aliphatic carbocycles. The third-order valence-corrected chi connectivity index (χ3v) is 12.5. The molecule has 0 radical (unpaired) electrons. The minimum absolute atomic E-state index is 0.0815. The molecule has 342 valence electrons. The summed E-state index contributed by atoms with van der Waals surface area (Å²) in [5.74, 6) is 2.97. The smallest absolute Gasteiger partial charge is 0.167 e. The van der Waals surface area contributed by atoms with Gasteiger partial charge in [0.2, 0.25) is 0 Å². The Bertz CT molecular complexity index is 4170. The average molecular weight is 930 g/mol. The van der Waals surface area contributed by atoms with Crippen LogP contribution < -0.4 is 14.5 Å². The quantitative estimate of drug-likeness (QED) is 0.135. The second kappa shape index (κ2) is 18.1. The number of fused-ring (bicyclic) bond motifs is 3. The maximum absolute atomic E-state index is 9.01. The first-order chi connectivity index (χ1) is 39.0. The standard InChI is InChI=1S/C63H49N7O/c1-63(2,3)47-34-35-64-58(38-47)70-55-33-17-16-30-52(55)53-40-54(62-66-60(45-24-12-6-13-25-45)65-61(67-62)46-26-14-7-15-27-46)57(41-56(53)70)71-49-29-18-28-48(39-49)68-36-37-69(42-68)59-50(43-20-8-4-9-21-43)31-19-32-51(59)44-22-10-5-11-23-44/h4-41H,42H2,1-3H3/i4D,5D,8D,9D,10D,11D,20D,21D,22D,23D. The van der Waals surface area contributed by atoms with Crippen LogP contribution in [0, 0.1) is 0 Å². The van der Waals surface area contributed by atoms with Crippen molar-refractivity contribution in [3.8, 4) is 73.7 Å². The van der Waals surface area contributed by atoms with E-state index in [9.17, 15) is 0 Å². The highest BCUT2D eigenvalue weighted by Gasteiger charge is 2.25. The van der Waals surface area contributed by atoms with E-state index >= 15 is 0 Å². The van der Waals surface area contributed by atoms with E-state index in [2.05, 4.69) is 49.6 Å². The summed E-state index contributed by atoms with van der Waals surface area (Å²) in [7, 11) is 0. The lowest BCUT2D eigenvalue weighted by Gasteiger charge is -2.26. The Morgan fingerprint density at radius 2 is 1.11 bits per heavy atom. The molecular weight excluding hydrogens is 871 g/mol. The molecule has 1 aliphatic rings. The molecule has 8 nitrogen and oxygen atoms in total. The highest BCUT2D eigenvalue weighted by molar-refractivity contribution is 6.11. The topological polar surface area (TPSA) is 72.2 Å². The Labute approximate surface area is 427 Å². The van der Waals surface area contributed by atoms with Gasteiger partial charge in [-0.05, 0) is 58.5 Å². The average Bonchev–Trinajstić information content (AvgIpc) is 4.26. The van der Waals surface area contributed by atoms with Gasteiger partial charge in [0.15, 0.2) is 17.5 Å².